The normalized spacial score (nSPS) is 14.2. The van der Waals surface area contributed by atoms with Gasteiger partial charge in [0.2, 0.25) is 0 Å². The zero-order valence-electron chi connectivity index (χ0n) is 34.6. The van der Waals surface area contributed by atoms with Crippen molar-refractivity contribution in [1.82, 2.24) is 0 Å². The lowest BCUT2D eigenvalue weighted by Crippen LogP contribution is -2.28. The number of nitrogens with zero attached hydrogens (tertiary/aromatic N) is 1. The van der Waals surface area contributed by atoms with Crippen LogP contribution in [0.3, 0.4) is 0 Å². The molecular weight excluding hydrogens is 751 g/mol. The molecule has 0 fully saturated rings. The Balaban J connectivity index is 0.957. The molecule has 0 radical (unpaired) electrons. The van der Waals surface area contributed by atoms with E-state index < -0.39 is 5.41 Å². The molecule has 0 bridgehead atoms. The van der Waals surface area contributed by atoms with E-state index in [1.165, 1.54) is 77.2 Å². The summed E-state index contributed by atoms with van der Waals surface area (Å²) in [6.45, 7) is 4.73. The highest BCUT2D eigenvalue weighted by Crippen LogP contribution is 2.57. The van der Waals surface area contributed by atoms with Crippen molar-refractivity contribution < 1.29 is 4.42 Å². The van der Waals surface area contributed by atoms with E-state index in [0.717, 1.165) is 39.0 Å². The van der Waals surface area contributed by atoms with E-state index in [0.29, 0.717) is 0 Å². The summed E-state index contributed by atoms with van der Waals surface area (Å²) in [5.41, 5.74) is 17.5. The average Bonchev–Trinajstić information content (AvgIpc) is 3.93. The summed E-state index contributed by atoms with van der Waals surface area (Å²) in [4.78, 5) is 2.43. The van der Waals surface area contributed by atoms with Crippen molar-refractivity contribution in [2.45, 2.75) is 24.7 Å². The highest BCUT2D eigenvalue weighted by Gasteiger charge is 2.45. The predicted molar refractivity (Wildman–Crippen MR) is 258 cm³/mol. The van der Waals surface area contributed by atoms with E-state index >= 15 is 0 Å². The molecule has 1 aromatic heterocycles. The van der Waals surface area contributed by atoms with Crippen LogP contribution in [0.4, 0.5) is 17.1 Å². The van der Waals surface area contributed by atoms with Gasteiger partial charge in [0.25, 0.3) is 0 Å². The molecule has 2 aliphatic carbocycles. The van der Waals surface area contributed by atoms with Crippen LogP contribution in [0.15, 0.2) is 217 Å². The molecule has 2 heteroatoms. The van der Waals surface area contributed by atoms with E-state index in [9.17, 15) is 0 Å². The summed E-state index contributed by atoms with van der Waals surface area (Å²) in [6, 6.07) is 78.4. The van der Waals surface area contributed by atoms with Crippen LogP contribution in [-0.4, -0.2) is 0 Å². The fourth-order valence-corrected chi connectivity index (χ4v) is 11.3. The second-order valence-electron chi connectivity index (χ2n) is 17.6. The van der Waals surface area contributed by atoms with Crippen molar-refractivity contribution in [3.8, 4) is 22.3 Å². The molecule has 0 saturated heterocycles. The Bertz CT molecular complexity index is 3550. The number of hydrogen-bond acceptors (Lipinski definition) is 2. The first-order valence-corrected chi connectivity index (χ1v) is 21.7. The summed E-state index contributed by atoms with van der Waals surface area (Å²) < 4.78 is 6.50. The van der Waals surface area contributed by atoms with Crippen molar-refractivity contribution in [2.24, 2.45) is 0 Å². The van der Waals surface area contributed by atoms with Crippen LogP contribution in [0.25, 0.3) is 65.7 Å². The van der Waals surface area contributed by atoms with Crippen molar-refractivity contribution in [2.75, 3.05) is 4.90 Å². The van der Waals surface area contributed by atoms with Gasteiger partial charge < -0.3 is 9.32 Å². The highest BCUT2D eigenvalue weighted by atomic mass is 16.3. The largest absolute Gasteiger partial charge is 0.456 e. The zero-order valence-corrected chi connectivity index (χ0v) is 34.6. The van der Waals surface area contributed by atoms with Crippen molar-refractivity contribution in [3.63, 3.8) is 0 Å². The Hall–Kier alpha value is -7.68. The third kappa shape index (κ3) is 4.75. The Morgan fingerprint density at radius 1 is 0.387 bits per heavy atom. The van der Waals surface area contributed by atoms with Gasteiger partial charge in [-0.3, -0.25) is 0 Å². The van der Waals surface area contributed by atoms with Crippen molar-refractivity contribution in [3.05, 3.63) is 246 Å². The molecule has 0 spiro atoms. The van der Waals surface area contributed by atoms with Crippen LogP contribution < -0.4 is 4.90 Å². The van der Waals surface area contributed by atoms with Crippen LogP contribution in [0.1, 0.15) is 47.2 Å². The summed E-state index contributed by atoms with van der Waals surface area (Å²) >= 11 is 0. The van der Waals surface area contributed by atoms with Gasteiger partial charge >= 0.3 is 0 Å². The van der Waals surface area contributed by atoms with Gasteiger partial charge in [0.1, 0.15) is 11.2 Å². The molecule has 13 rings (SSSR count). The van der Waals surface area contributed by atoms with Gasteiger partial charge in [-0.2, -0.15) is 0 Å². The van der Waals surface area contributed by atoms with Crippen molar-refractivity contribution >= 4 is 60.5 Å². The molecule has 1 heterocycles. The first kappa shape index (κ1) is 35.1. The fraction of sp³-hybridized carbons (Fsp3) is 0.0667. The molecule has 11 aromatic rings. The Morgan fingerprint density at radius 3 is 1.68 bits per heavy atom. The van der Waals surface area contributed by atoms with Gasteiger partial charge in [0, 0.05) is 39.0 Å². The molecule has 292 valence electrons. The summed E-state index contributed by atoms with van der Waals surface area (Å²) in [5.74, 6) is 0. The van der Waals surface area contributed by atoms with Gasteiger partial charge in [-0.05, 0) is 108 Å². The minimum absolute atomic E-state index is 0.0829. The molecule has 62 heavy (non-hydrogen) atoms. The minimum atomic E-state index is -0.418. The van der Waals surface area contributed by atoms with Gasteiger partial charge in [-0.1, -0.05) is 184 Å². The highest BCUT2D eigenvalue weighted by molar-refractivity contribution is 6.20. The number of furan rings is 1. The third-order valence-electron chi connectivity index (χ3n) is 14.1. The van der Waals surface area contributed by atoms with Crippen LogP contribution >= 0.6 is 0 Å². The van der Waals surface area contributed by atoms with Gasteiger partial charge in [0.15, 0.2) is 0 Å². The summed E-state index contributed by atoms with van der Waals surface area (Å²) in [7, 11) is 0. The molecule has 0 N–H and O–H groups in total. The summed E-state index contributed by atoms with van der Waals surface area (Å²) in [6.07, 6.45) is 0. The third-order valence-corrected chi connectivity index (χ3v) is 14.1. The van der Waals surface area contributed by atoms with E-state index in [2.05, 4.69) is 225 Å². The minimum Gasteiger partial charge on any atom is -0.456 e. The van der Waals surface area contributed by atoms with E-state index in [1.807, 2.05) is 6.07 Å². The van der Waals surface area contributed by atoms with E-state index in [1.54, 1.807) is 0 Å². The van der Waals surface area contributed by atoms with E-state index in [-0.39, 0.29) is 5.41 Å². The number of para-hydroxylation sites is 1. The molecule has 0 unspecified atom stereocenters. The maximum atomic E-state index is 6.50. The molecule has 2 aliphatic rings. The second-order valence-corrected chi connectivity index (χ2v) is 17.6. The first-order valence-electron chi connectivity index (χ1n) is 21.7. The smallest absolute Gasteiger partial charge is 0.137 e. The summed E-state index contributed by atoms with van der Waals surface area (Å²) in [5, 5.41) is 7.49. The maximum absolute atomic E-state index is 6.50. The van der Waals surface area contributed by atoms with E-state index in [4.69, 9.17) is 4.42 Å². The number of benzene rings is 10. The lowest BCUT2D eigenvalue weighted by molar-refractivity contribution is 0.663. The van der Waals surface area contributed by atoms with Crippen LogP contribution in [0, 0.1) is 0 Å². The van der Waals surface area contributed by atoms with Crippen LogP contribution in [-0.2, 0) is 10.8 Å². The monoisotopic (exact) mass is 791 g/mol. The topological polar surface area (TPSA) is 16.4 Å². The predicted octanol–water partition coefficient (Wildman–Crippen LogP) is 16.0. The SMILES string of the molecule is CC1(C)c2cccc3cc(N(c4ccc(-c5ccc(C6(c7ccccc7)c7ccccc7-c7ccccc76)cc5)cc4)c4ccc5c(c4)oc4ccccc45)c4cccc1c4c23. The Morgan fingerprint density at radius 2 is 0.935 bits per heavy atom. The van der Waals surface area contributed by atoms with Gasteiger partial charge in [-0.15, -0.1) is 0 Å². The molecule has 0 amide bonds. The first-order chi connectivity index (χ1) is 30.5. The molecule has 10 aromatic carbocycles. The fourth-order valence-electron chi connectivity index (χ4n) is 11.3. The number of fused-ring (bicyclic) bond motifs is 6. The quantitative estimate of drug-likeness (QED) is 0.156. The van der Waals surface area contributed by atoms with Crippen LogP contribution in [0.5, 0.6) is 0 Å². The second kappa shape index (κ2) is 12.9. The molecule has 2 nitrogen and oxygen atoms in total. The molecule has 0 atom stereocenters. The van der Waals surface area contributed by atoms with Gasteiger partial charge in [0.05, 0.1) is 11.1 Å². The Kier molecular flexibility index (Phi) is 7.31. The Labute approximate surface area is 361 Å². The lowest BCUT2D eigenvalue weighted by Gasteiger charge is -2.34. The zero-order chi connectivity index (χ0) is 41.2. The lowest BCUT2D eigenvalue weighted by atomic mass is 9.67. The maximum Gasteiger partial charge on any atom is 0.137 e. The number of rotatable bonds is 6. The molecule has 0 saturated carbocycles. The van der Waals surface area contributed by atoms with Crippen molar-refractivity contribution in [1.29, 1.82) is 0 Å². The standard InChI is InChI=1S/C60H41NO/c1-59(2)52-23-12-14-40-36-54(49-20-13-24-53(59)58(49)57(40)52)61(44-34-35-48-47-19-8-11-25-55(47)62-56(48)37-44)43-32-28-39(29-33-43)38-26-30-42(31-27-38)60(41-15-4-3-5-16-41)50-21-9-6-17-45(50)46-18-7-10-22-51(46)60/h3-37H,1-2H3. The molecular formula is C60H41NO. The van der Waals surface area contributed by atoms with Gasteiger partial charge in [-0.25, -0.2) is 0 Å². The van der Waals surface area contributed by atoms with Crippen LogP contribution in [0.2, 0.25) is 0 Å². The molecule has 0 aliphatic heterocycles. The average molecular weight is 792 g/mol. The number of hydrogen-bond donors (Lipinski definition) is 0. The number of anilines is 3.